The van der Waals surface area contributed by atoms with Gasteiger partial charge in [0, 0.05) is 30.9 Å². The summed E-state index contributed by atoms with van der Waals surface area (Å²) in [6.07, 6.45) is 5.05. The van der Waals surface area contributed by atoms with Crippen LogP contribution in [-0.2, 0) is 4.79 Å². The first kappa shape index (κ1) is 22.7. The fraction of sp³-hybridized carbons (Fsp3) is 0.520. The SMILES string of the molecule is Cc1cc(C)n(-c2cc(NC(=O)CN3CC[C@H](N4CCCCC4)C3)nc(-c3ccc(C)o3)n2)n1. The van der Waals surface area contributed by atoms with Crippen LogP contribution in [0.25, 0.3) is 17.4 Å². The smallest absolute Gasteiger partial charge is 0.239 e. The fourth-order valence-corrected chi connectivity index (χ4v) is 5.06. The third kappa shape index (κ3) is 5.05. The number of carbonyl (C=O) groups excluding carboxylic acids is 1. The van der Waals surface area contributed by atoms with Gasteiger partial charge < -0.3 is 9.73 Å². The number of likely N-dealkylation sites (tertiary alicyclic amines) is 2. The van der Waals surface area contributed by atoms with E-state index in [0.717, 1.165) is 36.7 Å². The maximum Gasteiger partial charge on any atom is 0.239 e. The van der Waals surface area contributed by atoms with Crippen molar-refractivity contribution in [3.63, 3.8) is 0 Å². The Kier molecular flexibility index (Phi) is 6.47. The molecular weight excluding hydrogens is 430 g/mol. The molecule has 2 fully saturated rings. The van der Waals surface area contributed by atoms with Crippen LogP contribution in [0.3, 0.4) is 0 Å². The highest BCUT2D eigenvalue weighted by atomic mass is 16.3. The monoisotopic (exact) mass is 463 g/mol. The Hall–Kier alpha value is -3.04. The lowest BCUT2D eigenvalue weighted by Gasteiger charge is -2.32. The van der Waals surface area contributed by atoms with Gasteiger partial charge in [-0.1, -0.05) is 6.42 Å². The Morgan fingerprint density at radius 1 is 1.09 bits per heavy atom. The van der Waals surface area contributed by atoms with E-state index in [9.17, 15) is 4.79 Å². The van der Waals surface area contributed by atoms with E-state index in [4.69, 9.17) is 4.42 Å². The summed E-state index contributed by atoms with van der Waals surface area (Å²) in [5.74, 6) is 2.71. The fourth-order valence-electron chi connectivity index (χ4n) is 5.06. The Morgan fingerprint density at radius 3 is 2.62 bits per heavy atom. The molecule has 0 unspecified atom stereocenters. The second kappa shape index (κ2) is 9.68. The molecule has 5 heterocycles. The summed E-state index contributed by atoms with van der Waals surface area (Å²) in [6, 6.07) is 8.03. The van der Waals surface area contributed by atoms with Crippen LogP contribution < -0.4 is 5.32 Å². The topological polar surface area (TPSA) is 92.3 Å². The van der Waals surface area contributed by atoms with Crippen molar-refractivity contribution in [1.29, 1.82) is 0 Å². The molecule has 0 spiro atoms. The molecule has 1 N–H and O–H groups in total. The number of aromatic nitrogens is 4. The maximum atomic E-state index is 12.9. The number of piperidine rings is 1. The van der Waals surface area contributed by atoms with E-state index in [-0.39, 0.29) is 5.91 Å². The lowest BCUT2D eigenvalue weighted by atomic mass is 10.1. The number of carbonyl (C=O) groups is 1. The molecular formula is C25H33N7O2. The highest BCUT2D eigenvalue weighted by Gasteiger charge is 2.29. The van der Waals surface area contributed by atoms with Crippen LogP contribution in [0.4, 0.5) is 5.82 Å². The second-order valence-electron chi connectivity index (χ2n) is 9.51. The van der Waals surface area contributed by atoms with Crippen molar-refractivity contribution in [2.75, 3.05) is 38.0 Å². The summed E-state index contributed by atoms with van der Waals surface area (Å²) in [4.78, 5) is 27.0. The highest BCUT2D eigenvalue weighted by Crippen LogP contribution is 2.23. The van der Waals surface area contributed by atoms with Crippen LogP contribution in [-0.4, -0.2) is 74.2 Å². The summed E-state index contributed by atoms with van der Waals surface area (Å²) in [5, 5.41) is 7.54. The number of aryl methyl sites for hydroxylation is 3. The summed E-state index contributed by atoms with van der Waals surface area (Å²) in [5.41, 5.74) is 1.85. The number of nitrogens with one attached hydrogen (secondary N) is 1. The van der Waals surface area contributed by atoms with E-state index in [0.29, 0.717) is 35.8 Å². The number of anilines is 1. The number of amides is 1. The van der Waals surface area contributed by atoms with Gasteiger partial charge in [0.1, 0.15) is 11.6 Å². The largest absolute Gasteiger partial charge is 0.458 e. The van der Waals surface area contributed by atoms with Crippen LogP contribution in [0.2, 0.25) is 0 Å². The van der Waals surface area contributed by atoms with Gasteiger partial charge in [0.2, 0.25) is 5.91 Å². The van der Waals surface area contributed by atoms with Crippen molar-refractivity contribution in [1.82, 2.24) is 29.5 Å². The molecule has 2 aliphatic heterocycles. The van der Waals surface area contributed by atoms with Crippen molar-refractivity contribution >= 4 is 11.7 Å². The van der Waals surface area contributed by atoms with E-state index < -0.39 is 0 Å². The molecule has 0 aromatic carbocycles. The first-order chi connectivity index (χ1) is 16.4. The standard InChI is InChI=1S/C25H33N7O2/c1-17-13-18(2)32(29-17)23-14-22(27-25(28-23)21-8-7-19(3)34-21)26-24(33)16-30-12-9-20(15-30)31-10-5-4-6-11-31/h7-8,13-14,20H,4-6,9-12,15-16H2,1-3H3,(H,26,27,28,33)/t20-/m0/s1. The molecule has 180 valence electrons. The van der Waals surface area contributed by atoms with E-state index >= 15 is 0 Å². The zero-order chi connectivity index (χ0) is 23.7. The van der Waals surface area contributed by atoms with Gasteiger partial charge >= 0.3 is 0 Å². The molecule has 5 rings (SSSR count). The Morgan fingerprint density at radius 2 is 1.91 bits per heavy atom. The molecule has 0 radical (unpaired) electrons. The molecule has 2 aliphatic rings. The van der Waals surface area contributed by atoms with E-state index in [1.807, 2.05) is 39.0 Å². The molecule has 2 saturated heterocycles. The van der Waals surface area contributed by atoms with Crippen molar-refractivity contribution < 1.29 is 9.21 Å². The minimum absolute atomic E-state index is 0.0705. The number of hydrogen-bond acceptors (Lipinski definition) is 7. The van der Waals surface area contributed by atoms with E-state index in [2.05, 4.69) is 30.2 Å². The van der Waals surface area contributed by atoms with Crippen molar-refractivity contribution in [3.8, 4) is 17.4 Å². The predicted molar refractivity (Wildman–Crippen MR) is 130 cm³/mol. The lowest BCUT2D eigenvalue weighted by Crippen LogP contribution is -2.41. The molecule has 0 bridgehead atoms. The van der Waals surface area contributed by atoms with Gasteiger partial charge in [-0.25, -0.2) is 14.6 Å². The first-order valence-corrected chi connectivity index (χ1v) is 12.2. The van der Waals surface area contributed by atoms with E-state index in [1.54, 1.807) is 10.7 Å². The molecule has 1 amide bonds. The quantitative estimate of drug-likeness (QED) is 0.599. The molecule has 0 saturated carbocycles. The van der Waals surface area contributed by atoms with Gasteiger partial charge in [0.25, 0.3) is 0 Å². The van der Waals surface area contributed by atoms with Crippen molar-refractivity contribution in [2.24, 2.45) is 0 Å². The average Bonchev–Trinajstić information content (AvgIpc) is 3.54. The minimum atomic E-state index is -0.0705. The predicted octanol–water partition coefficient (Wildman–Crippen LogP) is 3.35. The summed E-state index contributed by atoms with van der Waals surface area (Å²) >= 11 is 0. The summed E-state index contributed by atoms with van der Waals surface area (Å²) in [7, 11) is 0. The highest BCUT2D eigenvalue weighted by molar-refractivity contribution is 5.91. The van der Waals surface area contributed by atoms with Crippen LogP contribution in [0, 0.1) is 20.8 Å². The lowest BCUT2D eigenvalue weighted by molar-refractivity contribution is -0.117. The zero-order valence-corrected chi connectivity index (χ0v) is 20.3. The number of hydrogen-bond donors (Lipinski definition) is 1. The van der Waals surface area contributed by atoms with Crippen LogP contribution in [0.5, 0.6) is 0 Å². The zero-order valence-electron chi connectivity index (χ0n) is 20.3. The van der Waals surface area contributed by atoms with Gasteiger partial charge in [0.05, 0.1) is 12.2 Å². The minimum Gasteiger partial charge on any atom is -0.458 e. The molecule has 1 atom stereocenters. The first-order valence-electron chi connectivity index (χ1n) is 12.2. The molecule has 0 aliphatic carbocycles. The third-order valence-electron chi connectivity index (χ3n) is 6.69. The van der Waals surface area contributed by atoms with Crippen molar-refractivity contribution in [3.05, 3.63) is 41.4 Å². The Labute approximate surface area is 200 Å². The van der Waals surface area contributed by atoms with Gasteiger partial charge in [-0.15, -0.1) is 0 Å². The number of rotatable bonds is 6. The van der Waals surface area contributed by atoms with Crippen LogP contribution in [0.1, 0.15) is 42.8 Å². The summed E-state index contributed by atoms with van der Waals surface area (Å²) in [6.45, 7) is 10.4. The maximum absolute atomic E-state index is 12.9. The molecule has 3 aromatic rings. The van der Waals surface area contributed by atoms with E-state index in [1.165, 1.54) is 32.4 Å². The summed E-state index contributed by atoms with van der Waals surface area (Å²) < 4.78 is 7.51. The molecule has 3 aromatic heterocycles. The number of furan rings is 1. The Balaban J connectivity index is 1.32. The molecule has 34 heavy (non-hydrogen) atoms. The molecule has 9 heteroatoms. The van der Waals surface area contributed by atoms with Gasteiger partial charge in [0.15, 0.2) is 17.4 Å². The third-order valence-corrected chi connectivity index (χ3v) is 6.69. The second-order valence-corrected chi connectivity index (χ2v) is 9.51. The Bertz CT molecular complexity index is 1160. The number of nitrogens with zero attached hydrogens (tertiary/aromatic N) is 6. The normalized spacial score (nSPS) is 19.6. The van der Waals surface area contributed by atoms with Gasteiger partial charge in [-0.05, 0) is 71.3 Å². The van der Waals surface area contributed by atoms with Crippen molar-refractivity contribution in [2.45, 2.75) is 52.5 Å². The van der Waals surface area contributed by atoms with Crippen LogP contribution in [0.15, 0.2) is 28.7 Å². The van der Waals surface area contributed by atoms with Crippen LogP contribution >= 0.6 is 0 Å². The van der Waals surface area contributed by atoms with Gasteiger partial charge in [-0.3, -0.25) is 14.6 Å². The van der Waals surface area contributed by atoms with Gasteiger partial charge in [-0.2, -0.15) is 5.10 Å². The molecule has 9 nitrogen and oxygen atoms in total. The average molecular weight is 464 g/mol.